The summed E-state index contributed by atoms with van der Waals surface area (Å²) in [4.78, 5) is 11.1. The number of carboxylic acids is 1. The molecular formula is C16H16O4S. The zero-order chi connectivity index (χ0) is 15.5. The van der Waals surface area contributed by atoms with Gasteiger partial charge in [0, 0.05) is 0 Å². The normalized spacial score (nSPS) is 11.3. The summed E-state index contributed by atoms with van der Waals surface area (Å²) in [6, 6.07) is 13.5. The molecule has 2 aromatic rings. The van der Waals surface area contributed by atoms with Crippen LogP contribution in [0.5, 0.6) is 0 Å². The van der Waals surface area contributed by atoms with Gasteiger partial charge in [-0.2, -0.15) is 0 Å². The average molecular weight is 304 g/mol. The fourth-order valence-corrected chi connectivity index (χ4v) is 3.71. The van der Waals surface area contributed by atoms with Crippen molar-refractivity contribution in [3.63, 3.8) is 0 Å². The lowest BCUT2D eigenvalue weighted by molar-refractivity contribution is 0.0696. The number of hydrogen-bond donors (Lipinski definition) is 1. The minimum absolute atomic E-state index is 0.0327. The predicted octanol–water partition coefficient (Wildman–Crippen LogP) is 2.81. The summed E-state index contributed by atoms with van der Waals surface area (Å²) in [7, 11) is -3.42. The topological polar surface area (TPSA) is 71.4 Å². The summed E-state index contributed by atoms with van der Waals surface area (Å²) in [5.41, 5.74) is 2.06. The van der Waals surface area contributed by atoms with Crippen LogP contribution in [-0.4, -0.2) is 19.5 Å². The highest BCUT2D eigenvalue weighted by Crippen LogP contribution is 2.16. The Morgan fingerprint density at radius 1 is 1.05 bits per heavy atom. The molecule has 1 N–H and O–H groups in total. The Morgan fingerprint density at radius 3 is 2.43 bits per heavy atom. The number of benzene rings is 2. The van der Waals surface area contributed by atoms with Gasteiger partial charge in [0.25, 0.3) is 0 Å². The SMILES string of the molecule is Cc1cccc(CS(=O)(=O)Cc2ccccc2C(=O)O)c1. The largest absolute Gasteiger partial charge is 0.478 e. The van der Waals surface area contributed by atoms with E-state index in [1.165, 1.54) is 12.1 Å². The van der Waals surface area contributed by atoms with Gasteiger partial charge in [0.1, 0.15) is 0 Å². The van der Waals surface area contributed by atoms with Gasteiger partial charge in [-0.15, -0.1) is 0 Å². The second-order valence-corrected chi connectivity index (χ2v) is 7.05. The van der Waals surface area contributed by atoms with Crippen molar-refractivity contribution in [2.45, 2.75) is 18.4 Å². The van der Waals surface area contributed by atoms with E-state index in [2.05, 4.69) is 0 Å². The molecule has 21 heavy (non-hydrogen) atoms. The first-order valence-corrected chi connectivity index (χ1v) is 8.27. The van der Waals surface area contributed by atoms with Crippen molar-refractivity contribution >= 4 is 15.8 Å². The highest BCUT2D eigenvalue weighted by molar-refractivity contribution is 7.89. The molecule has 0 aliphatic rings. The van der Waals surface area contributed by atoms with Gasteiger partial charge in [0.2, 0.25) is 0 Å². The molecule has 0 spiro atoms. The van der Waals surface area contributed by atoms with E-state index >= 15 is 0 Å². The maximum absolute atomic E-state index is 12.3. The molecule has 110 valence electrons. The van der Waals surface area contributed by atoms with Gasteiger partial charge in [-0.25, -0.2) is 13.2 Å². The summed E-state index contributed by atoms with van der Waals surface area (Å²) in [5.74, 6) is -1.48. The fraction of sp³-hybridized carbons (Fsp3) is 0.188. The van der Waals surface area contributed by atoms with E-state index in [9.17, 15) is 13.2 Å². The van der Waals surface area contributed by atoms with Crippen LogP contribution in [0.4, 0.5) is 0 Å². The third-order valence-corrected chi connectivity index (χ3v) is 4.62. The molecule has 0 saturated carbocycles. The van der Waals surface area contributed by atoms with Crippen molar-refractivity contribution in [2.24, 2.45) is 0 Å². The summed E-state index contributed by atoms with van der Waals surface area (Å²) in [6.07, 6.45) is 0. The molecule has 5 heteroatoms. The molecule has 0 aromatic heterocycles. The summed E-state index contributed by atoms with van der Waals surface area (Å²) in [5, 5.41) is 9.09. The molecule has 0 bridgehead atoms. The predicted molar refractivity (Wildman–Crippen MR) is 80.9 cm³/mol. The molecule has 0 aliphatic heterocycles. The van der Waals surface area contributed by atoms with Crippen molar-refractivity contribution in [2.75, 3.05) is 0 Å². The highest BCUT2D eigenvalue weighted by atomic mass is 32.2. The zero-order valence-electron chi connectivity index (χ0n) is 11.6. The number of aryl methyl sites for hydroxylation is 1. The van der Waals surface area contributed by atoms with Crippen molar-refractivity contribution < 1.29 is 18.3 Å². The molecular weight excluding hydrogens is 288 g/mol. The lowest BCUT2D eigenvalue weighted by Crippen LogP contribution is -2.11. The van der Waals surface area contributed by atoms with Gasteiger partial charge in [-0.3, -0.25) is 0 Å². The first-order chi connectivity index (χ1) is 9.87. The number of carboxylic acid groups (broad SMARTS) is 1. The van der Waals surface area contributed by atoms with Crippen molar-refractivity contribution in [1.29, 1.82) is 0 Å². The van der Waals surface area contributed by atoms with Crippen LogP contribution < -0.4 is 0 Å². The molecule has 0 fully saturated rings. The first kappa shape index (κ1) is 15.3. The molecule has 0 heterocycles. The van der Waals surface area contributed by atoms with Crippen LogP contribution in [-0.2, 0) is 21.3 Å². The Kier molecular flexibility index (Phi) is 4.43. The maximum atomic E-state index is 12.3. The van der Waals surface area contributed by atoms with Gasteiger partial charge in [-0.05, 0) is 24.1 Å². The Labute approximate surface area is 124 Å². The van der Waals surface area contributed by atoms with E-state index in [1.54, 1.807) is 18.2 Å². The number of rotatable bonds is 5. The van der Waals surface area contributed by atoms with Crippen LogP contribution in [0.3, 0.4) is 0 Å². The quantitative estimate of drug-likeness (QED) is 0.922. The maximum Gasteiger partial charge on any atom is 0.335 e. The van der Waals surface area contributed by atoms with Crippen LogP contribution in [0.2, 0.25) is 0 Å². The van der Waals surface area contributed by atoms with E-state index in [0.717, 1.165) is 5.56 Å². The van der Waals surface area contributed by atoms with E-state index in [-0.39, 0.29) is 17.1 Å². The Morgan fingerprint density at radius 2 is 1.76 bits per heavy atom. The van der Waals surface area contributed by atoms with E-state index in [4.69, 9.17) is 5.11 Å². The van der Waals surface area contributed by atoms with Crippen molar-refractivity contribution in [3.8, 4) is 0 Å². The third-order valence-electron chi connectivity index (χ3n) is 3.09. The second kappa shape index (κ2) is 6.10. The van der Waals surface area contributed by atoms with Crippen molar-refractivity contribution in [1.82, 2.24) is 0 Å². The number of carbonyl (C=O) groups is 1. The standard InChI is InChI=1S/C16H16O4S/c1-12-5-4-6-13(9-12)10-21(19,20)11-14-7-2-3-8-15(14)16(17)18/h2-9H,10-11H2,1H3,(H,17,18). The van der Waals surface area contributed by atoms with Gasteiger partial charge < -0.3 is 5.11 Å². The van der Waals surface area contributed by atoms with Crippen LogP contribution >= 0.6 is 0 Å². The van der Waals surface area contributed by atoms with Crippen LogP contribution in [0.25, 0.3) is 0 Å². The Balaban J connectivity index is 2.24. The van der Waals surface area contributed by atoms with Gasteiger partial charge in [0.05, 0.1) is 17.1 Å². The minimum atomic E-state index is -3.42. The minimum Gasteiger partial charge on any atom is -0.478 e. The first-order valence-electron chi connectivity index (χ1n) is 6.44. The smallest absolute Gasteiger partial charge is 0.335 e. The lowest BCUT2D eigenvalue weighted by Gasteiger charge is -2.08. The molecule has 2 rings (SSSR count). The Hall–Kier alpha value is -2.14. The summed E-state index contributed by atoms with van der Waals surface area (Å²) >= 11 is 0. The second-order valence-electron chi connectivity index (χ2n) is 4.98. The fourth-order valence-electron chi connectivity index (χ4n) is 2.20. The molecule has 0 saturated heterocycles. The third kappa shape index (κ3) is 4.16. The van der Waals surface area contributed by atoms with E-state index in [1.807, 2.05) is 25.1 Å². The van der Waals surface area contributed by atoms with Crippen LogP contribution in [0, 0.1) is 6.92 Å². The molecule has 0 unspecified atom stereocenters. The molecule has 4 nitrogen and oxygen atoms in total. The zero-order valence-corrected chi connectivity index (χ0v) is 12.4. The monoisotopic (exact) mass is 304 g/mol. The van der Waals surface area contributed by atoms with Crippen LogP contribution in [0.15, 0.2) is 48.5 Å². The van der Waals surface area contributed by atoms with Crippen LogP contribution in [0.1, 0.15) is 27.0 Å². The van der Waals surface area contributed by atoms with E-state index < -0.39 is 15.8 Å². The molecule has 0 radical (unpaired) electrons. The van der Waals surface area contributed by atoms with Gasteiger partial charge in [0.15, 0.2) is 9.84 Å². The average Bonchev–Trinajstić information content (AvgIpc) is 2.37. The molecule has 0 amide bonds. The molecule has 0 aliphatic carbocycles. The number of hydrogen-bond acceptors (Lipinski definition) is 3. The van der Waals surface area contributed by atoms with E-state index in [0.29, 0.717) is 11.1 Å². The number of aromatic carboxylic acids is 1. The molecule has 2 aromatic carbocycles. The molecule has 0 atom stereocenters. The number of sulfone groups is 1. The van der Waals surface area contributed by atoms with Crippen molar-refractivity contribution in [3.05, 3.63) is 70.8 Å². The van der Waals surface area contributed by atoms with Gasteiger partial charge >= 0.3 is 5.97 Å². The summed E-state index contributed by atoms with van der Waals surface area (Å²) < 4.78 is 24.5. The van der Waals surface area contributed by atoms with Gasteiger partial charge in [-0.1, -0.05) is 48.0 Å². The summed E-state index contributed by atoms with van der Waals surface area (Å²) in [6.45, 7) is 1.90. The highest BCUT2D eigenvalue weighted by Gasteiger charge is 2.18. The lowest BCUT2D eigenvalue weighted by atomic mass is 10.1. The Bertz CT molecular complexity index is 763.